The highest BCUT2D eigenvalue weighted by atomic mass is 16.5. The third kappa shape index (κ3) is 7.79. The number of hydrogen-bond donors (Lipinski definition) is 4. The van der Waals surface area contributed by atoms with Crippen LogP contribution in [0.1, 0.15) is 137 Å². The molecule has 4 aromatic rings. The number of fused-ring (bicyclic) bond motifs is 4. The largest absolute Gasteiger partial charge is 0.453 e. The van der Waals surface area contributed by atoms with Gasteiger partial charge in [0.15, 0.2) is 0 Å². The average Bonchev–Trinajstić information content (AvgIpc) is 4.18. The summed E-state index contributed by atoms with van der Waals surface area (Å²) >= 11 is 0. The fourth-order valence-corrected chi connectivity index (χ4v) is 12.7. The fourth-order valence-electron chi connectivity index (χ4n) is 12.7. The van der Waals surface area contributed by atoms with Crippen LogP contribution < -0.4 is 10.6 Å². The van der Waals surface area contributed by atoms with Crippen LogP contribution in [0.15, 0.2) is 36.7 Å². The van der Waals surface area contributed by atoms with Crippen molar-refractivity contribution in [3.8, 4) is 33.6 Å². The minimum Gasteiger partial charge on any atom is -0.453 e. The number of aromatic nitrogens is 4. The van der Waals surface area contributed by atoms with E-state index in [0.29, 0.717) is 31.7 Å². The Kier molecular flexibility index (Phi) is 11.8. The first-order valence-electron chi connectivity index (χ1n) is 24.5. The molecule has 4 N–H and O–H groups in total. The van der Waals surface area contributed by atoms with Crippen molar-refractivity contribution in [2.24, 2.45) is 23.2 Å². The number of nitrogens with one attached hydrogen (secondary N) is 4. The van der Waals surface area contributed by atoms with E-state index >= 15 is 0 Å². The third-order valence-corrected chi connectivity index (χ3v) is 16.2. The van der Waals surface area contributed by atoms with E-state index in [9.17, 15) is 24.0 Å². The van der Waals surface area contributed by atoms with E-state index in [0.717, 1.165) is 72.7 Å². The highest BCUT2D eigenvalue weighted by Gasteiger charge is 2.49. The van der Waals surface area contributed by atoms with Crippen molar-refractivity contribution in [1.29, 1.82) is 0 Å². The lowest BCUT2D eigenvalue weighted by molar-refractivity contribution is -0.136. The summed E-state index contributed by atoms with van der Waals surface area (Å²) in [7, 11) is 2.60. The number of likely N-dealkylation sites (tertiary alicyclic amines) is 2. The van der Waals surface area contributed by atoms with Crippen molar-refractivity contribution in [3.63, 3.8) is 0 Å². The highest BCUT2D eigenvalue weighted by Crippen LogP contribution is 2.57. The van der Waals surface area contributed by atoms with Crippen LogP contribution in [0.5, 0.6) is 0 Å². The van der Waals surface area contributed by atoms with Crippen LogP contribution in [0.25, 0.3) is 33.6 Å². The molecule has 2 aromatic carbocycles. The van der Waals surface area contributed by atoms with Gasteiger partial charge in [0.05, 0.1) is 50.1 Å². The predicted molar refractivity (Wildman–Crippen MR) is 251 cm³/mol. The van der Waals surface area contributed by atoms with Gasteiger partial charge in [-0.05, 0) is 108 Å². The minimum atomic E-state index is -0.718. The van der Waals surface area contributed by atoms with Gasteiger partial charge in [0.2, 0.25) is 11.8 Å². The van der Waals surface area contributed by atoms with Crippen LogP contribution >= 0.6 is 0 Å². The molecule has 0 radical (unpaired) electrons. The van der Waals surface area contributed by atoms with Crippen molar-refractivity contribution in [1.82, 2.24) is 40.4 Å². The number of aromatic amines is 2. The first-order chi connectivity index (χ1) is 32.3. The van der Waals surface area contributed by atoms with Crippen molar-refractivity contribution < 1.29 is 33.4 Å². The van der Waals surface area contributed by atoms with E-state index in [1.165, 1.54) is 73.3 Å². The molecule has 2 saturated carbocycles. The van der Waals surface area contributed by atoms with E-state index in [4.69, 9.17) is 19.4 Å². The number of ether oxygens (including phenoxy) is 2. The number of Topliss-reactive ketones (excluding diaryl/α,β-unsaturated/α-hetero) is 1. The highest BCUT2D eigenvalue weighted by molar-refractivity contribution is 5.95. The molecule has 2 aromatic heterocycles. The van der Waals surface area contributed by atoms with Crippen LogP contribution in [0, 0.1) is 23.2 Å². The molecule has 1 spiro atoms. The standard InChI is InChI=1S/C52H64N8O7/c1-27(2)44(57-50(64)66-5)48(62)59-19-9-11-40(59)46-53-25-38(55-46)30-15-16-32(43-34(30)21-33-35(43)22-42(33)61)29-13-14-31(37-24-52(23-36(29)37)17-7-8-18-52)39-26-54-47(56-39)41-12-10-20-60(41)49(63)45(28(3)4)58-51(65)67-6/h13-16,25-28,33,35,40-41,44-45H,7-12,17-24H2,1-6H3,(H,53,55)(H,54,56)(H,57,64)(H,58,65)/t33?,35?,40-,41+,44+,45?/m1/s1. The lowest BCUT2D eigenvalue weighted by Gasteiger charge is -2.30. The molecule has 6 aliphatic rings. The molecule has 67 heavy (non-hydrogen) atoms. The van der Waals surface area contributed by atoms with Crippen LogP contribution in [-0.2, 0) is 43.1 Å². The Morgan fingerprint density at radius 1 is 0.657 bits per heavy atom. The number of methoxy groups -OCH3 is 2. The first-order valence-corrected chi connectivity index (χ1v) is 24.5. The quantitative estimate of drug-likeness (QED) is 0.115. The molecule has 4 fully saturated rings. The molecule has 2 saturated heterocycles. The van der Waals surface area contributed by atoms with Crippen molar-refractivity contribution >= 4 is 29.8 Å². The number of benzene rings is 2. The molecular formula is C52H64N8O7. The smallest absolute Gasteiger partial charge is 0.407 e. The predicted octanol–water partition coefficient (Wildman–Crippen LogP) is 8.11. The molecule has 0 bridgehead atoms. The molecule has 15 heteroatoms. The summed E-state index contributed by atoms with van der Waals surface area (Å²) < 4.78 is 9.68. The second-order valence-electron chi connectivity index (χ2n) is 20.8. The summed E-state index contributed by atoms with van der Waals surface area (Å²) in [6.07, 6.45) is 13.9. The lowest BCUT2D eigenvalue weighted by Crippen LogP contribution is -2.51. The number of ketones is 1. The van der Waals surface area contributed by atoms with Gasteiger partial charge in [-0.2, -0.15) is 0 Å². The van der Waals surface area contributed by atoms with Gasteiger partial charge in [-0.1, -0.05) is 64.8 Å². The Morgan fingerprint density at radius 2 is 1.13 bits per heavy atom. The van der Waals surface area contributed by atoms with Crippen LogP contribution in [-0.4, -0.2) is 98.9 Å². The normalized spacial score (nSPS) is 23.3. The molecule has 4 amide bonds. The van der Waals surface area contributed by atoms with Gasteiger partial charge in [-0.25, -0.2) is 19.6 Å². The molecule has 4 heterocycles. The Balaban J connectivity index is 0.977. The minimum absolute atomic E-state index is 0.0264. The van der Waals surface area contributed by atoms with Crippen LogP contribution in [0.4, 0.5) is 9.59 Å². The summed E-state index contributed by atoms with van der Waals surface area (Å²) in [6.45, 7) is 8.83. The summed E-state index contributed by atoms with van der Waals surface area (Å²) in [4.78, 5) is 86.3. The molecule has 4 aliphatic carbocycles. The van der Waals surface area contributed by atoms with Gasteiger partial charge in [-0.15, -0.1) is 0 Å². The maximum absolute atomic E-state index is 13.9. The number of amides is 4. The molecular weight excluding hydrogens is 849 g/mol. The van der Waals surface area contributed by atoms with Gasteiger partial charge < -0.3 is 39.9 Å². The van der Waals surface area contributed by atoms with E-state index in [1.54, 1.807) is 0 Å². The van der Waals surface area contributed by atoms with E-state index < -0.39 is 24.3 Å². The van der Waals surface area contributed by atoms with Gasteiger partial charge in [-0.3, -0.25) is 14.4 Å². The van der Waals surface area contributed by atoms with Gasteiger partial charge >= 0.3 is 12.2 Å². The maximum Gasteiger partial charge on any atom is 0.407 e. The third-order valence-electron chi connectivity index (χ3n) is 16.2. The van der Waals surface area contributed by atoms with Crippen molar-refractivity contribution in [2.45, 2.75) is 135 Å². The average molecular weight is 913 g/mol. The zero-order valence-corrected chi connectivity index (χ0v) is 39.6. The molecule has 354 valence electrons. The fraction of sp³-hybridized carbons (Fsp3) is 0.558. The summed E-state index contributed by atoms with van der Waals surface area (Å²) in [5, 5.41) is 5.49. The van der Waals surface area contributed by atoms with Gasteiger partial charge in [0.25, 0.3) is 0 Å². The second kappa shape index (κ2) is 17.6. The van der Waals surface area contributed by atoms with E-state index in [2.05, 4.69) is 44.9 Å². The topological polar surface area (TPSA) is 192 Å². The number of rotatable bonds is 11. The van der Waals surface area contributed by atoms with Crippen molar-refractivity contribution in [3.05, 3.63) is 70.6 Å². The number of imidazole rings is 2. The number of carbonyl (C=O) groups is 5. The van der Waals surface area contributed by atoms with Crippen LogP contribution in [0.2, 0.25) is 0 Å². The first kappa shape index (κ1) is 44.8. The number of H-pyrrole nitrogens is 2. The Morgan fingerprint density at radius 3 is 1.63 bits per heavy atom. The van der Waals surface area contributed by atoms with Gasteiger partial charge in [0.1, 0.15) is 29.5 Å². The Bertz CT molecular complexity index is 2620. The maximum atomic E-state index is 13.9. The summed E-state index contributed by atoms with van der Waals surface area (Å²) in [5.41, 5.74) is 11.9. The monoisotopic (exact) mass is 912 g/mol. The zero-order valence-electron chi connectivity index (χ0n) is 39.6. The molecule has 15 nitrogen and oxygen atoms in total. The van der Waals surface area contributed by atoms with Crippen molar-refractivity contribution in [2.75, 3.05) is 27.3 Å². The number of carbonyl (C=O) groups excluding carboxylic acids is 5. The Labute approximate surface area is 391 Å². The zero-order chi connectivity index (χ0) is 46.9. The number of hydrogen-bond acceptors (Lipinski definition) is 9. The molecule has 10 rings (SSSR count). The molecule has 6 atom stereocenters. The van der Waals surface area contributed by atoms with E-state index in [-0.39, 0.29) is 53.0 Å². The van der Waals surface area contributed by atoms with E-state index in [1.807, 2.05) is 49.9 Å². The number of nitrogens with zero attached hydrogens (tertiary/aromatic N) is 4. The number of alkyl carbamates (subject to hydrolysis) is 2. The second-order valence-corrected chi connectivity index (χ2v) is 20.8. The van der Waals surface area contributed by atoms with Gasteiger partial charge in [0, 0.05) is 42.5 Å². The molecule has 3 unspecified atom stereocenters. The molecule has 2 aliphatic heterocycles. The Hall–Kier alpha value is -5.99. The summed E-state index contributed by atoms with van der Waals surface area (Å²) in [6, 6.07) is 7.11. The summed E-state index contributed by atoms with van der Waals surface area (Å²) in [5.74, 6) is 1.41. The lowest BCUT2D eigenvalue weighted by atomic mass is 9.71. The van der Waals surface area contributed by atoms with Crippen LogP contribution in [0.3, 0.4) is 0 Å². The SMILES string of the molecule is COC(=O)NC(C(=O)N1CCC[C@H]1c1ncc(-c2ccc(-c3ccc(-c4cnc([C@H]5CCCN5C(=O)[C@@H](NC(=O)OC)C(C)C)[nH]4)c4c3C3CC(=O)C3C4)c3c2CC2(CCCC2)C3)[nH]1)C(C)C.